The average molecular weight is 316 g/mol. The zero-order chi connectivity index (χ0) is 14.6. The van der Waals surface area contributed by atoms with E-state index in [-0.39, 0.29) is 0 Å². The molecule has 0 fully saturated rings. The van der Waals surface area contributed by atoms with Crippen molar-refractivity contribution >= 4 is 35.7 Å². The Morgan fingerprint density at radius 2 is 2.20 bits per heavy atom. The lowest BCUT2D eigenvalue weighted by Gasteiger charge is -2.07. The molecule has 1 aromatic carbocycles. The molecule has 1 rings (SSSR count). The van der Waals surface area contributed by atoms with Crippen LogP contribution in [0.25, 0.3) is 0 Å². The Morgan fingerprint density at radius 1 is 1.40 bits per heavy atom. The Kier molecular flexibility index (Phi) is 8.91. The van der Waals surface area contributed by atoms with Crippen LogP contribution in [-0.4, -0.2) is 37.0 Å². The third-order valence-corrected chi connectivity index (χ3v) is 3.80. The summed E-state index contributed by atoms with van der Waals surface area (Å²) in [5.41, 5.74) is 0.965. The molecule has 1 aromatic rings. The van der Waals surface area contributed by atoms with Gasteiger partial charge in [0, 0.05) is 23.7 Å². The largest absolute Gasteiger partial charge is 0.449 e. The smallest absolute Gasteiger partial charge is 0.407 e. The van der Waals surface area contributed by atoms with E-state index in [9.17, 15) is 9.59 Å². The van der Waals surface area contributed by atoms with Gasteiger partial charge in [-0.25, -0.2) is 4.79 Å². The summed E-state index contributed by atoms with van der Waals surface area (Å²) in [6.07, 6.45) is 1.87. The van der Waals surface area contributed by atoms with Crippen LogP contribution in [-0.2, 0) is 16.0 Å². The average Bonchev–Trinajstić information content (AvgIpc) is 2.45. The molecule has 0 spiro atoms. The summed E-state index contributed by atoms with van der Waals surface area (Å²) in [5.74, 6) is 1.35. The summed E-state index contributed by atoms with van der Waals surface area (Å²) in [5, 5.41) is 3.35. The van der Waals surface area contributed by atoms with E-state index in [0.29, 0.717) is 30.3 Å². The molecule has 0 aliphatic rings. The summed E-state index contributed by atoms with van der Waals surface area (Å²) in [4.78, 5) is 21.5. The molecule has 0 bridgehead atoms. The standard InChI is InChI=1S/C14H18ClNO3S/c15-13-5-2-1-4-12(13)6-9-19-14(18)16-7-3-10-20-11-8-17/h1-2,4-5,8H,3,6-7,9-11H2,(H,16,18). The second-order valence-electron chi connectivity index (χ2n) is 4.00. The first-order valence-electron chi connectivity index (χ1n) is 6.39. The molecule has 1 amide bonds. The molecule has 6 heteroatoms. The van der Waals surface area contributed by atoms with Crippen molar-refractivity contribution in [3.05, 3.63) is 34.9 Å². The summed E-state index contributed by atoms with van der Waals surface area (Å²) in [6, 6.07) is 7.49. The molecule has 0 aliphatic heterocycles. The van der Waals surface area contributed by atoms with Crippen molar-refractivity contribution in [3.63, 3.8) is 0 Å². The SMILES string of the molecule is O=CCSCCCNC(=O)OCCc1ccccc1Cl. The number of ether oxygens (including phenoxy) is 1. The van der Waals surface area contributed by atoms with Gasteiger partial charge >= 0.3 is 6.09 Å². The van der Waals surface area contributed by atoms with E-state index in [1.165, 1.54) is 0 Å². The monoisotopic (exact) mass is 315 g/mol. The number of hydrogen-bond acceptors (Lipinski definition) is 4. The molecule has 0 heterocycles. The van der Waals surface area contributed by atoms with Crippen LogP contribution in [0.5, 0.6) is 0 Å². The normalized spacial score (nSPS) is 10.1. The third-order valence-electron chi connectivity index (χ3n) is 2.48. The maximum absolute atomic E-state index is 11.4. The Bertz CT molecular complexity index is 429. The van der Waals surface area contributed by atoms with Gasteiger partial charge in [-0.3, -0.25) is 0 Å². The maximum Gasteiger partial charge on any atom is 0.407 e. The number of carbonyl (C=O) groups is 2. The molecule has 0 atom stereocenters. The van der Waals surface area contributed by atoms with Crippen molar-refractivity contribution in [2.24, 2.45) is 0 Å². The zero-order valence-electron chi connectivity index (χ0n) is 11.1. The molecule has 1 N–H and O–H groups in total. The lowest BCUT2D eigenvalue weighted by atomic mass is 10.2. The van der Waals surface area contributed by atoms with E-state index in [0.717, 1.165) is 24.0 Å². The van der Waals surface area contributed by atoms with Gasteiger partial charge in [0.25, 0.3) is 0 Å². The van der Waals surface area contributed by atoms with Crippen molar-refractivity contribution in [2.75, 3.05) is 24.7 Å². The van der Waals surface area contributed by atoms with Gasteiger partial charge in [-0.05, 0) is 23.8 Å². The van der Waals surface area contributed by atoms with Crippen LogP contribution in [0.3, 0.4) is 0 Å². The highest BCUT2D eigenvalue weighted by Crippen LogP contribution is 2.15. The number of rotatable bonds is 9. The van der Waals surface area contributed by atoms with Crippen molar-refractivity contribution < 1.29 is 14.3 Å². The lowest BCUT2D eigenvalue weighted by molar-refractivity contribution is -0.105. The number of amides is 1. The van der Waals surface area contributed by atoms with Gasteiger partial charge in [-0.15, -0.1) is 0 Å². The van der Waals surface area contributed by atoms with Crippen molar-refractivity contribution in [3.8, 4) is 0 Å². The summed E-state index contributed by atoms with van der Waals surface area (Å²) >= 11 is 7.55. The number of halogens is 1. The first kappa shape index (κ1) is 16.9. The molecule has 0 aliphatic carbocycles. The third kappa shape index (κ3) is 7.40. The van der Waals surface area contributed by atoms with E-state index in [4.69, 9.17) is 16.3 Å². The van der Waals surface area contributed by atoms with Crippen LogP contribution < -0.4 is 5.32 Å². The molecule has 0 aromatic heterocycles. The maximum atomic E-state index is 11.4. The molecular weight excluding hydrogens is 298 g/mol. The first-order chi connectivity index (χ1) is 9.74. The molecule has 0 saturated heterocycles. The number of benzene rings is 1. The fraction of sp³-hybridized carbons (Fsp3) is 0.429. The second kappa shape index (κ2) is 10.6. The molecule has 20 heavy (non-hydrogen) atoms. The fourth-order valence-electron chi connectivity index (χ4n) is 1.50. The number of aldehydes is 1. The summed E-state index contributed by atoms with van der Waals surface area (Å²) in [6.45, 7) is 0.853. The number of thioether (sulfide) groups is 1. The zero-order valence-corrected chi connectivity index (χ0v) is 12.7. The van der Waals surface area contributed by atoms with E-state index < -0.39 is 6.09 Å². The lowest BCUT2D eigenvalue weighted by Crippen LogP contribution is -2.26. The van der Waals surface area contributed by atoms with Gasteiger partial charge < -0.3 is 14.8 Å². The Labute approximate surface area is 128 Å². The molecule has 4 nitrogen and oxygen atoms in total. The van der Waals surface area contributed by atoms with Gasteiger partial charge in [0.15, 0.2) is 0 Å². The van der Waals surface area contributed by atoms with Gasteiger partial charge in [0.05, 0.1) is 6.61 Å². The minimum atomic E-state index is -0.419. The number of nitrogens with one attached hydrogen (secondary N) is 1. The van der Waals surface area contributed by atoms with Crippen molar-refractivity contribution in [1.82, 2.24) is 5.32 Å². The summed E-state index contributed by atoms with van der Waals surface area (Å²) < 4.78 is 5.06. The van der Waals surface area contributed by atoms with Gasteiger partial charge in [-0.1, -0.05) is 29.8 Å². The molecule has 0 unspecified atom stereocenters. The van der Waals surface area contributed by atoms with Crippen LogP contribution in [0.2, 0.25) is 5.02 Å². The molecule has 0 radical (unpaired) electrons. The van der Waals surface area contributed by atoms with Crippen LogP contribution in [0.15, 0.2) is 24.3 Å². The predicted octanol–water partition coefficient (Wildman–Crippen LogP) is 2.93. The fourth-order valence-corrected chi connectivity index (χ4v) is 2.34. The van der Waals surface area contributed by atoms with Gasteiger partial charge in [0.1, 0.15) is 6.29 Å². The number of carbonyl (C=O) groups excluding carboxylic acids is 2. The highest BCUT2D eigenvalue weighted by molar-refractivity contribution is 7.99. The Balaban J connectivity index is 2.06. The van der Waals surface area contributed by atoms with E-state index >= 15 is 0 Å². The minimum Gasteiger partial charge on any atom is -0.449 e. The second-order valence-corrected chi connectivity index (χ2v) is 5.56. The van der Waals surface area contributed by atoms with E-state index in [2.05, 4.69) is 5.32 Å². The molecule has 0 saturated carbocycles. The van der Waals surface area contributed by atoms with Gasteiger partial charge in [-0.2, -0.15) is 11.8 Å². The quantitative estimate of drug-likeness (QED) is 0.562. The van der Waals surface area contributed by atoms with Crippen LogP contribution in [0, 0.1) is 0 Å². The topological polar surface area (TPSA) is 55.4 Å². The van der Waals surface area contributed by atoms with Crippen molar-refractivity contribution in [2.45, 2.75) is 12.8 Å². The predicted molar refractivity (Wildman–Crippen MR) is 82.5 cm³/mol. The Hall–Kier alpha value is -1.20. The van der Waals surface area contributed by atoms with Crippen LogP contribution in [0.4, 0.5) is 4.79 Å². The van der Waals surface area contributed by atoms with Gasteiger partial charge in [0.2, 0.25) is 0 Å². The number of hydrogen-bond donors (Lipinski definition) is 1. The van der Waals surface area contributed by atoms with E-state index in [1.807, 2.05) is 24.3 Å². The Morgan fingerprint density at radius 3 is 2.95 bits per heavy atom. The number of alkyl carbamates (subject to hydrolysis) is 1. The van der Waals surface area contributed by atoms with Crippen molar-refractivity contribution in [1.29, 1.82) is 0 Å². The summed E-state index contributed by atoms with van der Waals surface area (Å²) in [7, 11) is 0. The minimum absolute atomic E-state index is 0.301. The first-order valence-corrected chi connectivity index (χ1v) is 7.92. The highest BCUT2D eigenvalue weighted by Gasteiger charge is 2.03. The van der Waals surface area contributed by atoms with Crippen LogP contribution >= 0.6 is 23.4 Å². The molecule has 110 valence electrons. The van der Waals surface area contributed by atoms with Crippen LogP contribution in [0.1, 0.15) is 12.0 Å². The molecular formula is C14H18ClNO3S. The highest BCUT2D eigenvalue weighted by atomic mass is 35.5. The van der Waals surface area contributed by atoms with E-state index in [1.54, 1.807) is 11.8 Å².